The van der Waals surface area contributed by atoms with Crippen LogP contribution in [0.5, 0.6) is 11.5 Å². The van der Waals surface area contributed by atoms with Gasteiger partial charge in [0.25, 0.3) is 0 Å². The molecule has 7 heteroatoms. The Balaban J connectivity index is 0.00000225. The molecule has 0 aliphatic carbocycles. The minimum Gasteiger partial charge on any atom is -0.454 e. The molecule has 2 aromatic carbocycles. The van der Waals surface area contributed by atoms with Crippen molar-refractivity contribution >= 4 is 18.3 Å². The van der Waals surface area contributed by atoms with Gasteiger partial charge in [0.15, 0.2) is 11.5 Å². The Morgan fingerprint density at radius 2 is 1.79 bits per heavy atom. The lowest BCUT2D eigenvalue weighted by Gasteiger charge is -2.38. The standard InChI is InChI=1S/C21H24N2O4.ClH/c22-19(15-4-2-1-3-5-15)20(24)23-13-21(8-10-25-11-9-21)16-6-7-17-18(12-16)27-14-26-17;/h1-7,12,19H,8-11,13-14,22H2,(H,23,24);1H. The lowest BCUT2D eigenvalue weighted by molar-refractivity contribution is -0.123. The molecular formula is C21H25ClN2O4. The number of benzene rings is 2. The number of hydrogen-bond donors (Lipinski definition) is 2. The summed E-state index contributed by atoms with van der Waals surface area (Å²) in [5.41, 5.74) is 7.87. The van der Waals surface area contributed by atoms with Crippen LogP contribution in [0.15, 0.2) is 48.5 Å². The van der Waals surface area contributed by atoms with E-state index in [-0.39, 0.29) is 30.5 Å². The van der Waals surface area contributed by atoms with Gasteiger partial charge in [0.1, 0.15) is 6.04 Å². The SMILES string of the molecule is Cl.NC(C(=O)NCC1(c2ccc3c(c2)OCO3)CCOCC1)c1ccccc1. The molecule has 1 fully saturated rings. The number of carbonyl (C=O) groups is 1. The number of ether oxygens (including phenoxy) is 3. The van der Waals surface area contributed by atoms with Crippen molar-refractivity contribution in [3.8, 4) is 11.5 Å². The summed E-state index contributed by atoms with van der Waals surface area (Å²) >= 11 is 0. The van der Waals surface area contributed by atoms with Crippen molar-refractivity contribution in [2.45, 2.75) is 24.3 Å². The summed E-state index contributed by atoms with van der Waals surface area (Å²) in [7, 11) is 0. The van der Waals surface area contributed by atoms with Crippen molar-refractivity contribution in [2.24, 2.45) is 5.73 Å². The highest BCUT2D eigenvalue weighted by Gasteiger charge is 2.36. The highest BCUT2D eigenvalue weighted by Crippen LogP contribution is 2.40. The van der Waals surface area contributed by atoms with E-state index in [2.05, 4.69) is 11.4 Å². The first-order valence-electron chi connectivity index (χ1n) is 9.24. The molecule has 1 unspecified atom stereocenters. The van der Waals surface area contributed by atoms with E-state index in [1.54, 1.807) is 0 Å². The van der Waals surface area contributed by atoms with Crippen LogP contribution in [0.1, 0.15) is 30.0 Å². The summed E-state index contributed by atoms with van der Waals surface area (Å²) in [6.45, 7) is 2.08. The molecule has 150 valence electrons. The number of nitrogens with one attached hydrogen (secondary N) is 1. The molecule has 0 spiro atoms. The van der Waals surface area contributed by atoms with Gasteiger partial charge in [0.2, 0.25) is 12.7 Å². The second-order valence-corrected chi connectivity index (χ2v) is 7.07. The fraction of sp³-hybridized carbons (Fsp3) is 0.381. The smallest absolute Gasteiger partial charge is 0.241 e. The highest BCUT2D eigenvalue weighted by atomic mass is 35.5. The molecule has 0 bridgehead atoms. The fourth-order valence-electron chi connectivity index (χ4n) is 3.73. The van der Waals surface area contributed by atoms with Gasteiger partial charge < -0.3 is 25.3 Å². The van der Waals surface area contributed by atoms with Gasteiger partial charge in [-0.25, -0.2) is 0 Å². The summed E-state index contributed by atoms with van der Waals surface area (Å²) in [6.07, 6.45) is 1.65. The summed E-state index contributed by atoms with van der Waals surface area (Å²) in [5, 5.41) is 3.07. The van der Waals surface area contributed by atoms with Crippen molar-refractivity contribution in [1.82, 2.24) is 5.32 Å². The molecule has 1 amide bonds. The maximum Gasteiger partial charge on any atom is 0.241 e. The molecule has 2 aliphatic rings. The van der Waals surface area contributed by atoms with Gasteiger partial charge in [-0.2, -0.15) is 0 Å². The van der Waals surface area contributed by atoms with Crippen molar-refractivity contribution in [1.29, 1.82) is 0 Å². The zero-order valence-corrected chi connectivity index (χ0v) is 16.4. The molecule has 3 N–H and O–H groups in total. The van der Waals surface area contributed by atoms with Crippen molar-refractivity contribution in [3.05, 3.63) is 59.7 Å². The molecule has 0 radical (unpaired) electrons. The predicted octanol–water partition coefficient (Wildman–Crippen LogP) is 2.70. The highest BCUT2D eigenvalue weighted by molar-refractivity contribution is 5.85. The Bertz CT molecular complexity index is 809. The molecule has 2 aromatic rings. The normalized spacial score (nSPS) is 18.0. The minimum atomic E-state index is -0.681. The van der Waals surface area contributed by atoms with Gasteiger partial charge in [-0.3, -0.25) is 4.79 Å². The zero-order valence-electron chi connectivity index (χ0n) is 15.6. The van der Waals surface area contributed by atoms with Crippen LogP contribution in [0, 0.1) is 0 Å². The lowest BCUT2D eigenvalue weighted by Crippen LogP contribution is -2.46. The number of nitrogens with two attached hydrogens (primary N) is 1. The first-order chi connectivity index (χ1) is 13.2. The molecular weight excluding hydrogens is 380 g/mol. The topological polar surface area (TPSA) is 82.8 Å². The van der Waals surface area contributed by atoms with Crippen molar-refractivity contribution in [2.75, 3.05) is 26.6 Å². The monoisotopic (exact) mass is 404 g/mol. The number of amides is 1. The molecule has 0 aromatic heterocycles. The van der Waals surface area contributed by atoms with Gasteiger partial charge in [0.05, 0.1) is 0 Å². The van der Waals surface area contributed by atoms with E-state index in [9.17, 15) is 4.79 Å². The maximum atomic E-state index is 12.6. The third kappa shape index (κ3) is 4.09. The molecule has 1 saturated heterocycles. The number of rotatable bonds is 5. The second-order valence-electron chi connectivity index (χ2n) is 7.07. The van der Waals surface area contributed by atoms with E-state index in [0.717, 1.165) is 35.5 Å². The summed E-state index contributed by atoms with van der Waals surface area (Å²) in [4.78, 5) is 12.6. The summed E-state index contributed by atoms with van der Waals surface area (Å²) in [5.74, 6) is 1.34. The van der Waals surface area contributed by atoms with E-state index >= 15 is 0 Å². The van der Waals surface area contributed by atoms with Crippen LogP contribution in [0.3, 0.4) is 0 Å². The molecule has 1 atom stereocenters. The molecule has 2 aliphatic heterocycles. The Hall–Kier alpha value is -2.28. The van der Waals surface area contributed by atoms with Gasteiger partial charge in [-0.1, -0.05) is 36.4 Å². The van der Waals surface area contributed by atoms with Crippen LogP contribution in [0.2, 0.25) is 0 Å². The van der Waals surface area contributed by atoms with E-state index in [1.807, 2.05) is 42.5 Å². The molecule has 4 rings (SSSR count). The predicted molar refractivity (Wildman–Crippen MR) is 108 cm³/mol. The summed E-state index contributed by atoms with van der Waals surface area (Å²) < 4.78 is 16.5. The van der Waals surface area contributed by atoms with Crippen molar-refractivity contribution < 1.29 is 19.0 Å². The van der Waals surface area contributed by atoms with Gasteiger partial charge in [0, 0.05) is 25.2 Å². The summed E-state index contributed by atoms with van der Waals surface area (Å²) in [6, 6.07) is 14.7. The fourth-order valence-corrected chi connectivity index (χ4v) is 3.73. The maximum absolute atomic E-state index is 12.6. The van der Waals surface area contributed by atoms with Crippen LogP contribution >= 0.6 is 12.4 Å². The van der Waals surface area contributed by atoms with Gasteiger partial charge >= 0.3 is 0 Å². The third-order valence-corrected chi connectivity index (χ3v) is 5.48. The number of fused-ring (bicyclic) bond motifs is 1. The zero-order chi connectivity index (χ0) is 18.7. The van der Waals surface area contributed by atoms with Crippen molar-refractivity contribution in [3.63, 3.8) is 0 Å². The second kappa shape index (κ2) is 8.82. The van der Waals surface area contributed by atoms with Crippen LogP contribution in [-0.4, -0.2) is 32.5 Å². The molecule has 28 heavy (non-hydrogen) atoms. The Morgan fingerprint density at radius 3 is 2.54 bits per heavy atom. The molecule has 2 heterocycles. The molecule has 6 nitrogen and oxygen atoms in total. The van der Waals surface area contributed by atoms with Crippen LogP contribution in [0.4, 0.5) is 0 Å². The largest absolute Gasteiger partial charge is 0.454 e. The van der Waals surface area contributed by atoms with E-state index in [0.29, 0.717) is 19.8 Å². The Labute approximate surface area is 170 Å². The Morgan fingerprint density at radius 1 is 1.07 bits per heavy atom. The van der Waals surface area contributed by atoms with Gasteiger partial charge in [-0.05, 0) is 36.1 Å². The van der Waals surface area contributed by atoms with Crippen LogP contribution in [0.25, 0.3) is 0 Å². The lowest BCUT2D eigenvalue weighted by atomic mass is 9.74. The first-order valence-corrected chi connectivity index (χ1v) is 9.24. The van der Waals surface area contributed by atoms with E-state index < -0.39 is 6.04 Å². The number of halogens is 1. The average Bonchev–Trinajstić information content (AvgIpc) is 3.21. The number of hydrogen-bond acceptors (Lipinski definition) is 5. The average molecular weight is 405 g/mol. The van der Waals surface area contributed by atoms with Crippen LogP contribution < -0.4 is 20.5 Å². The Kier molecular flexibility index (Phi) is 6.44. The third-order valence-electron chi connectivity index (χ3n) is 5.48. The quantitative estimate of drug-likeness (QED) is 0.800. The number of carbonyl (C=O) groups excluding carboxylic acids is 1. The van der Waals surface area contributed by atoms with E-state index in [4.69, 9.17) is 19.9 Å². The van der Waals surface area contributed by atoms with E-state index in [1.165, 1.54) is 0 Å². The molecule has 0 saturated carbocycles. The van der Waals surface area contributed by atoms with Gasteiger partial charge in [-0.15, -0.1) is 12.4 Å². The first kappa shape index (κ1) is 20.5. The minimum absolute atomic E-state index is 0. The van der Waals surface area contributed by atoms with Crippen LogP contribution in [-0.2, 0) is 14.9 Å².